The summed E-state index contributed by atoms with van der Waals surface area (Å²) in [5, 5.41) is 0. The maximum atomic E-state index is 14.0. The lowest BCUT2D eigenvalue weighted by molar-refractivity contribution is -0.135. The molecule has 0 N–H and O–H groups in total. The molecule has 4 rings (SSSR count). The molecule has 2 heterocycles. The van der Waals surface area contributed by atoms with Gasteiger partial charge in [-0.3, -0.25) is 14.5 Å². The summed E-state index contributed by atoms with van der Waals surface area (Å²) in [5.74, 6) is 0.451. The van der Waals surface area contributed by atoms with Gasteiger partial charge in [0.05, 0.1) is 31.3 Å². The van der Waals surface area contributed by atoms with E-state index in [0.29, 0.717) is 17.2 Å². The first-order valence-electron chi connectivity index (χ1n) is 11.2. The molecular formula is C26H27Cl2N3O4. The number of para-hydroxylation sites is 2. The Morgan fingerprint density at radius 2 is 1.71 bits per heavy atom. The van der Waals surface area contributed by atoms with Crippen molar-refractivity contribution in [1.82, 2.24) is 9.47 Å². The predicted molar refractivity (Wildman–Crippen MR) is 137 cm³/mol. The number of methoxy groups -OCH3 is 2. The molecule has 0 aliphatic carbocycles. The van der Waals surface area contributed by atoms with E-state index in [4.69, 9.17) is 32.7 Å². The molecule has 0 saturated carbocycles. The van der Waals surface area contributed by atoms with Gasteiger partial charge in [0.25, 0.3) is 5.91 Å². The highest BCUT2D eigenvalue weighted by molar-refractivity contribution is 6.53. The zero-order valence-electron chi connectivity index (χ0n) is 19.9. The number of carbonyl (C=O) groups is 2. The molecule has 1 aliphatic heterocycles. The summed E-state index contributed by atoms with van der Waals surface area (Å²) in [6, 6.07) is 16.2. The van der Waals surface area contributed by atoms with Gasteiger partial charge in [0.1, 0.15) is 24.1 Å². The van der Waals surface area contributed by atoms with Crippen molar-refractivity contribution in [2.75, 3.05) is 25.7 Å². The Hall–Kier alpha value is -3.16. The Balaban J connectivity index is 1.89. The Kier molecular flexibility index (Phi) is 7.28. The zero-order chi connectivity index (χ0) is 25.3. The molecule has 0 bridgehead atoms. The van der Waals surface area contributed by atoms with Crippen LogP contribution >= 0.6 is 23.2 Å². The maximum absolute atomic E-state index is 14.0. The molecule has 2 aromatic carbocycles. The number of benzene rings is 2. The summed E-state index contributed by atoms with van der Waals surface area (Å²) in [5.41, 5.74) is 3.19. The normalized spacial score (nSPS) is 14.5. The van der Waals surface area contributed by atoms with Crippen LogP contribution in [0, 0.1) is 0 Å². The highest BCUT2D eigenvalue weighted by atomic mass is 35.5. The zero-order valence-corrected chi connectivity index (χ0v) is 21.5. The lowest BCUT2D eigenvalue weighted by atomic mass is 9.96. The first kappa shape index (κ1) is 24.9. The van der Waals surface area contributed by atoms with Gasteiger partial charge in [-0.25, -0.2) is 0 Å². The van der Waals surface area contributed by atoms with Crippen LogP contribution in [0.3, 0.4) is 0 Å². The molecule has 3 aromatic rings. The Morgan fingerprint density at radius 3 is 2.34 bits per heavy atom. The van der Waals surface area contributed by atoms with Gasteiger partial charge in [-0.1, -0.05) is 35.3 Å². The fourth-order valence-corrected chi connectivity index (χ4v) is 4.72. The van der Waals surface area contributed by atoms with E-state index >= 15 is 0 Å². The van der Waals surface area contributed by atoms with Crippen LogP contribution in [0.15, 0.2) is 60.8 Å². The van der Waals surface area contributed by atoms with Crippen LogP contribution < -0.4 is 14.4 Å². The molecule has 0 spiro atoms. The maximum Gasteiger partial charge on any atom is 0.256 e. The monoisotopic (exact) mass is 515 g/mol. The molecule has 0 saturated heterocycles. The van der Waals surface area contributed by atoms with Crippen LogP contribution in [0.2, 0.25) is 0 Å². The number of anilines is 1. The summed E-state index contributed by atoms with van der Waals surface area (Å²) in [7, 11) is 3.18. The fourth-order valence-electron chi connectivity index (χ4n) is 4.47. The Labute approximate surface area is 214 Å². The molecule has 184 valence electrons. The number of carbonyl (C=O) groups excluding carboxylic acids is 2. The summed E-state index contributed by atoms with van der Waals surface area (Å²) >= 11 is 11.8. The minimum Gasteiger partial charge on any atom is -0.497 e. The quantitative estimate of drug-likeness (QED) is 0.416. The SMILES string of the molecule is COc1ccc(OC)c(C2c3cccn3-c3ccccc3N2C(=O)CN(C(=O)C(Cl)Cl)C(C)C)c1. The second-order valence-electron chi connectivity index (χ2n) is 8.43. The lowest BCUT2D eigenvalue weighted by Crippen LogP contribution is -2.49. The number of ether oxygens (including phenoxy) is 2. The molecule has 0 fully saturated rings. The highest BCUT2D eigenvalue weighted by Crippen LogP contribution is 2.45. The largest absolute Gasteiger partial charge is 0.497 e. The number of hydrogen-bond donors (Lipinski definition) is 0. The number of halogens is 2. The van der Waals surface area contributed by atoms with Gasteiger partial charge in [0.15, 0.2) is 4.84 Å². The molecule has 0 radical (unpaired) electrons. The third-order valence-electron chi connectivity index (χ3n) is 6.12. The van der Waals surface area contributed by atoms with E-state index < -0.39 is 16.8 Å². The molecule has 9 heteroatoms. The minimum absolute atomic E-state index is 0.190. The fraction of sp³-hybridized carbons (Fsp3) is 0.308. The second kappa shape index (κ2) is 10.2. The molecular weight excluding hydrogens is 489 g/mol. The van der Waals surface area contributed by atoms with Crippen LogP contribution in [-0.4, -0.2) is 52.9 Å². The standard InChI is InChI=1S/C26H27Cl2N3O4/c1-16(2)30(26(33)25(27)28)15-23(32)31-20-9-6-5-8-19(20)29-13-7-10-21(29)24(31)18-14-17(34-3)11-12-22(18)35-4/h5-14,16,24-25H,15H2,1-4H3. The number of fused-ring (bicyclic) bond motifs is 3. The van der Waals surface area contributed by atoms with E-state index in [0.717, 1.165) is 16.9 Å². The van der Waals surface area contributed by atoms with Gasteiger partial charge >= 0.3 is 0 Å². The van der Waals surface area contributed by atoms with Crippen LogP contribution in [0.5, 0.6) is 11.5 Å². The third kappa shape index (κ3) is 4.58. The number of alkyl halides is 2. The van der Waals surface area contributed by atoms with Gasteiger partial charge < -0.3 is 18.9 Å². The van der Waals surface area contributed by atoms with Crippen LogP contribution in [0.4, 0.5) is 5.69 Å². The van der Waals surface area contributed by atoms with Crippen LogP contribution in [0.1, 0.15) is 31.1 Å². The Morgan fingerprint density at radius 1 is 1.00 bits per heavy atom. The lowest BCUT2D eigenvalue weighted by Gasteiger charge is -2.40. The average molecular weight is 516 g/mol. The molecule has 7 nitrogen and oxygen atoms in total. The third-order valence-corrected chi connectivity index (χ3v) is 6.49. The van der Waals surface area contributed by atoms with E-state index in [1.54, 1.807) is 19.1 Å². The van der Waals surface area contributed by atoms with Crippen molar-refractivity contribution in [3.8, 4) is 17.2 Å². The highest BCUT2D eigenvalue weighted by Gasteiger charge is 2.39. The summed E-state index contributed by atoms with van der Waals surface area (Å²) in [6.45, 7) is 3.45. The van der Waals surface area contributed by atoms with Gasteiger partial charge in [-0.15, -0.1) is 0 Å². The second-order valence-corrected chi connectivity index (χ2v) is 9.52. The van der Waals surface area contributed by atoms with Crippen molar-refractivity contribution < 1.29 is 19.1 Å². The van der Waals surface area contributed by atoms with Crippen LogP contribution in [0.25, 0.3) is 5.69 Å². The van der Waals surface area contributed by atoms with Gasteiger partial charge in [0, 0.05) is 17.8 Å². The van der Waals surface area contributed by atoms with Gasteiger partial charge in [-0.2, -0.15) is 0 Å². The van der Waals surface area contributed by atoms with E-state index in [2.05, 4.69) is 4.57 Å². The molecule has 2 amide bonds. The van der Waals surface area contributed by atoms with E-state index in [1.807, 2.05) is 74.6 Å². The number of rotatable bonds is 7. The topological polar surface area (TPSA) is 64.0 Å². The number of nitrogens with zero attached hydrogens (tertiary/aromatic N) is 3. The number of amides is 2. The summed E-state index contributed by atoms with van der Waals surface area (Å²) in [6.07, 6.45) is 1.96. The first-order chi connectivity index (χ1) is 16.8. The van der Waals surface area contributed by atoms with Crippen molar-refractivity contribution in [1.29, 1.82) is 0 Å². The average Bonchev–Trinajstić information content (AvgIpc) is 3.35. The van der Waals surface area contributed by atoms with Crippen molar-refractivity contribution in [2.24, 2.45) is 0 Å². The van der Waals surface area contributed by atoms with Crippen molar-refractivity contribution >= 4 is 40.7 Å². The molecule has 1 atom stereocenters. The Bertz CT molecular complexity index is 1240. The van der Waals surface area contributed by atoms with Crippen molar-refractivity contribution in [2.45, 2.75) is 30.8 Å². The molecule has 1 unspecified atom stereocenters. The number of aromatic nitrogens is 1. The molecule has 1 aliphatic rings. The van der Waals surface area contributed by atoms with E-state index in [9.17, 15) is 9.59 Å². The van der Waals surface area contributed by atoms with Gasteiger partial charge in [0.2, 0.25) is 5.91 Å². The van der Waals surface area contributed by atoms with Crippen molar-refractivity contribution in [3.05, 3.63) is 72.1 Å². The van der Waals surface area contributed by atoms with Crippen molar-refractivity contribution in [3.63, 3.8) is 0 Å². The molecule has 1 aromatic heterocycles. The molecule has 35 heavy (non-hydrogen) atoms. The van der Waals surface area contributed by atoms with E-state index in [1.165, 1.54) is 4.90 Å². The van der Waals surface area contributed by atoms with E-state index in [-0.39, 0.29) is 18.5 Å². The van der Waals surface area contributed by atoms with Crippen LogP contribution in [-0.2, 0) is 9.59 Å². The summed E-state index contributed by atoms with van der Waals surface area (Å²) < 4.78 is 13.2. The smallest absolute Gasteiger partial charge is 0.256 e. The minimum atomic E-state index is -1.26. The summed E-state index contributed by atoms with van der Waals surface area (Å²) in [4.78, 5) is 28.6. The number of hydrogen-bond acceptors (Lipinski definition) is 4. The first-order valence-corrected chi connectivity index (χ1v) is 12.0. The predicted octanol–water partition coefficient (Wildman–Crippen LogP) is 4.97. The van der Waals surface area contributed by atoms with Gasteiger partial charge in [-0.05, 0) is 56.3 Å².